The second kappa shape index (κ2) is 7.00. The van der Waals surface area contributed by atoms with E-state index >= 15 is 0 Å². The number of rotatable bonds is 3. The Morgan fingerprint density at radius 2 is 1.96 bits per heavy atom. The summed E-state index contributed by atoms with van der Waals surface area (Å²) in [6, 6.07) is 6.22. The molecule has 0 spiro atoms. The molecule has 3 rings (SSSR count). The summed E-state index contributed by atoms with van der Waals surface area (Å²) in [6.07, 6.45) is 1.47. The van der Waals surface area contributed by atoms with Crippen LogP contribution in [0.1, 0.15) is 6.92 Å². The van der Waals surface area contributed by atoms with Crippen LogP contribution in [0.25, 0.3) is 0 Å². The summed E-state index contributed by atoms with van der Waals surface area (Å²) in [4.78, 5) is 23.8. The predicted octanol–water partition coefficient (Wildman–Crippen LogP) is 2.68. The highest BCUT2D eigenvalue weighted by molar-refractivity contribution is 6.31. The fraction of sp³-hybridized carbons (Fsp3) is 0.312. The van der Waals surface area contributed by atoms with Crippen LogP contribution in [0.2, 0.25) is 5.02 Å². The number of carbonyl (C=O) groups is 1. The van der Waals surface area contributed by atoms with Gasteiger partial charge in [-0.1, -0.05) is 11.6 Å². The summed E-state index contributed by atoms with van der Waals surface area (Å²) in [6.45, 7) is 4.37. The van der Waals surface area contributed by atoms with E-state index in [1.165, 1.54) is 18.5 Å². The molecule has 0 radical (unpaired) electrons. The average molecular weight is 350 g/mol. The lowest BCUT2D eigenvalue weighted by Crippen LogP contribution is -2.48. The van der Waals surface area contributed by atoms with Crippen molar-refractivity contribution in [2.75, 3.05) is 36.4 Å². The molecule has 1 amide bonds. The molecule has 1 fully saturated rings. The van der Waals surface area contributed by atoms with Crippen molar-refractivity contribution >= 4 is 34.8 Å². The number of anilines is 3. The Morgan fingerprint density at radius 3 is 2.62 bits per heavy atom. The Balaban J connectivity index is 1.70. The van der Waals surface area contributed by atoms with Gasteiger partial charge in [0.25, 0.3) is 0 Å². The highest BCUT2D eigenvalue weighted by Gasteiger charge is 2.19. The van der Waals surface area contributed by atoms with Gasteiger partial charge in [0.15, 0.2) is 0 Å². The molecular formula is C16H17ClFN5O. The Hall–Kier alpha value is -2.41. The van der Waals surface area contributed by atoms with E-state index < -0.39 is 5.82 Å². The van der Waals surface area contributed by atoms with Crippen molar-refractivity contribution in [3.63, 3.8) is 0 Å². The lowest BCUT2D eigenvalue weighted by atomic mass is 10.3. The van der Waals surface area contributed by atoms with Gasteiger partial charge in [-0.2, -0.15) is 0 Å². The van der Waals surface area contributed by atoms with Crippen LogP contribution in [0.4, 0.5) is 21.7 Å². The van der Waals surface area contributed by atoms with Gasteiger partial charge in [-0.25, -0.2) is 14.4 Å². The predicted molar refractivity (Wildman–Crippen MR) is 91.2 cm³/mol. The first kappa shape index (κ1) is 16.4. The molecule has 8 heteroatoms. The van der Waals surface area contributed by atoms with Gasteiger partial charge in [-0.05, 0) is 18.2 Å². The van der Waals surface area contributed by atoms with E-state index in [0.717, 1.165) is 18.9 Å². The van der Waals surface area contributed by atoms with Crippen molar-refractivity contribution in [3.8, 4) is 0 Å². The van der Waals surface area contributed by atoms with Crippen LogP contribution in [0, 0.1) is 5.82 Å². The number of hydrogen-bond donors (Lipinski definition) is 1. The minimum Gasteiger partial charge on any atom is -0.353 e. The molecule has 1 aromatic carbocycles. The normalized spacial score (nSPS) is 14.6. The van der Waals surface area contributed by atoms with Crippen LogP contribution in [0.5, 0.6) is 0 Å². The maximum absolute atomic E-state index is 13.2. The first-order chi connectivity index (χ1) is 11.5. The molecule has 1 aliphatic heterocycles. The largest absolute Gasteiger partial charge is 0.353 e. The van der Waals surface area contributed by atoms with Crippen molar-refractivity contribution < 1.29 is 9.18 Å². The van der Waals surface area contributed by atoms with E-state index in [1.807, 2.05) is 11.0 Å². The van der Waals surface area contributed by atoms with Crippen molar-refractivity contribution in [1.29, 1.82) is 0 Å². The third kappa shape index (κ3) is 3.73. The number of amides is 1. The molecule has 0 unspecified atom stereocenters. The SMILES string of the molecule is CC(=O)N1CCN(c2cc(Nc3ccc(F)c(Cl)c3)ncn2)CC1. The van der Waals surface area contributed by atoms with E-state index in [0.29, 0.717) is 24.6 Å². The Bertz CT molecular complexity index is 749. The van der Waals surface area contributed by atoms with Gasteiger partial charge in [0.2, 0.25) is 5.91 Å². The lowest BCUT2D eigenvalue weighted by molar-refractivity contribution is -0.129. The monoisotopic (exact) mass is 349 g/mol. The quantitative estimate of drug-likeness (QED) is 0.923. The molecule has 1 aliphatic rings. The van der Waals surface area contributed by atoms with Gasteiger partial charge < -0.3 is 15.1 Å². The number of aromatic nitrogens is 2. The maximum atomic E-state index is 13.2. The third-order valence-corrected chi connectivity index (χ3v) is 4.18. The number of halogens is 2. The van der Waals surface area contributed by atoms with Crippen molar-refractivity contribution in [2.45, 2.75) is 6.92 Å². The molecule has 0 atom stereocenters. The Morgan fingerprint density at radius 1 is 1.21 bits per heavy atom. The lowest BCUT2D eigenvalue weighted by Gasteiger charge is -2.34. The van der Waals surface area contributed by atoms with Gasteiger partial charge in [0.05, 0.1) is 5.02 Å². The van der Waals surface area contributed by atoms with E-state index in [2.05, 4.69) is 20.2 Å². The molecule has 6 nitrogen and oxygen atoms in total. The second-order valence-electron chi connectivity index (χ2n) is 5.51. The van der Waals surface area contributed by atoms with E-state index in [-0.39, 0.29) is 10.9 Å². The molecular weight excluding hydrogens is 333 g/mol. The number of benzene rings is 1. The standard InChI is InChI=1S/C16H17ClFN5O/c1-11(24)22-4-6-23(7-5-22)16-9-15(19-10-20-16)21-12-2-3-14(18)13(17)8-12/h2-3,8-10H,4-7H2,1H3,(H,19,20,21). The van der Waals surface area contributed by atoms with Gasteiger partial charge in [0.1, 0.15) is 23.8 Å². The Kier molecular flexibility index (Phi) is 4.80. The number of nitrogens with one attached hydrogen (secondary N) is 1. The van der Waals surface area contributed by atoms with Crippen molar-refractivity contribution in [2.24, 2.45) is 0 Å². The zero-order chi connectivity index (χ0) is 17.1. The highest BCUT2D eigenvalue weighted by atomic mass is 35.5. The van der Waals surface area contributed by atoms with Gasteiger partial charge in [-0.15, -0.1) is 0 Å². The van der Waals surface area contributed by atoms with Crippen LogP contribution in [0.3, 0.4) is 0 Å². The highest BCUT2D eigenvalue weighted by Crippen LogP contribution is 2.23. The average Bonchev–Trinajstić information content (AvgIpc) is 2.58. The smallest absolute Gasteiger partial charge is 0.219 e. The van der Waals surface area contributed by atoms with Crippen LogP contribution >= 0.6 is 11.6 Å². The molecule has 2 aromatic rings. The Labute approximate surface area is 144 Å². The van der Waals surface area contributed by atoms with Crippen LogP contribution in [0.15, 0.2) is 30.6 Å². The molecule has 0 aliphatic carbocycles. The summed E-state index contributed by atoms with van der Waals surface area (Å²) < 4.78 is 13.2. The summed E-state index contributed by atoms with van der Waals surface area (Å²) in [5.41, 5.74) is 0.646. The molecule has 1 aromatic heterocycles. The zero-order valence-corrected chi connectivity index (χ0v) is 13.9. The number of hydrogen-bond acceptors (Lipinski definition) is 5. The summed E-state index contributed by atoms with van der Waals surface area (Å²) >= 11 is 5.78. The fourth-order valence-corrected chi connectivity index (χ4v) is 2.74. The summed E-state index contributed by atoms with van der Waals surface area (Å²) in [7, 11) is 0. The van der Waals surface area contributed by atoms with Gasteiger partial charge in [-0.3, -0.25) is 4.79 Å². The molecule has 1 saturated heterocycles. The van der Waals surface area contributed by atoms with E-state index in [9.17, 15) is 9.18 Å². The summed E-state index contributed by atoms with van der Waals surface area (Å²) in [5.74, 6) is 1.00. The number of carbonyl (C=O) groups excluding carboxylic acids is 1. The second-order valence-corrected chi connectivity index (χ2v) is 5.92. The van der Waals surface area contributed by atoms with Crippen LogP contribution in [-0.2, 0) is 4.79 Å². The van der Waals surface area contributed by atoms with Crippen molar-refractivity contribution in [1.82, 2.24) is 14.9 Å². The first-order valence-electron chi connectivity index (χ1n) is 7.57. The molecule has 24 heavy (non-hydrogen) atoms. The van der Waals surface area contributed by atoms with Crippen LogP contribution in [-0.4, -0.2) is 47.0 Å². The fourth-order valence-electron chi connectivity index (χ4n) is 2.56. The molecule has 0 saturated carbocycles. The maximum Gasteiger partial charge on any atom is 0.219 e. The molecule has 0 bridgehead atoms. The van der Waals surface area contributed by atoms with Crippen LogP contribution < -0.4 is 10.2 Å². The topological polar surface area (TPSA) is 61.4 Å². The van der Waals surface area contributed by atoms with Gasteiger partial charge in [0, 0.05) is 44.9 Å². The number of nitrogens with zero attached hydrogens (tertiary/aromatic N) is 4. The molecule has 126 valence electrons. The van der Waals surface area contributed by atoms with Gasteiger partial charge >= 0.3 is 0 Å². The third-order valence-electron chi connectivity index (χ3n) is 3.89. The first-order valence-corrected chi connectivity index (χ1v) is 7.95. The van der Waals surface area contributed by atoms with Crippen molar-refractivity contribution in [3.05, 3.63) is 41.4 Å². The van der Waals surface area contributed by atoms with E-state index in [4.69, 9.17) is 11.6 Å². The molecule has 2 heterocycles. The zero-order valence-electron chi connectivity index (χ0n) is 13.2. The molecule has 1 N–H and O–H groups in total. The minimum atomic E-state index is -0.464. The van der Waals surface area contributed by atoms with E-state index in [1.54, 1.807) is 13.0 Å². The summed E-state index contributed by atoms with van der Waals surface area (Å²) in [5, 5.41) is 3.14. The minimum absolute atomic E-state index is 0.0506. The number of piperazine rings is 1.